The van der Waals surface area contributed by atoms with E-state index in [4.69, 9.17) is 19.9 Å². The minimum Gasteiger partial charge on any atom is -0.255 e. The molecule has 0 fully saturated rings. The topological polar surface area (TPSA) is 64.5 Å². The van der Waals surface area contributed by atoms with Gasteiger partial charge in [-0.2, -0.15) is 0 Å². The molecule has 0 saturated heterocycles. The second-order valence-corrected chi connectivity index (χ2v) is 13.1. The molecule has 0 spiro atoms. The molecule has 0 atom stereocenters. The van der Waals surface area contributed by atoms with Crippen molar-refractivity contribution in [3.05, 3.63) is 207 Å². The third-order valence-corrected chi connectivity index (χ3v) is 9.31. The first-order chi connectivity index (χ1) is 27.1. The van der Waals surface area contributed by atoms with Crippen molar-refractivity contribution in [2.75, 3.05) is 0 Å². The Hall–Kier alpha value is -7.37. The number of allylic oxidation sites excluding steroid dienone is 5. The third-order valence-electron chi connectivity index (χ3n) is 9.31. The van der Waals surface area contributed by atoms with Crippen LogP contribution in [0, 0.1) is 0 Å². The van der Waals surface area contributed by atoms with E-state index in [1.807, 2.05) is 85.1 Å². The van der Waals surface area contributed by atoms with E-state index in [2.05, 4.69) is 116 Å². The smallest absolute Gasteiger partial charge is 0.160 e. The van der Waals surface area contributed by atoms with E-state index in [1.54, 1.807) is 12.3 Å². The Morgan fingerprint density at radius 1 is 0.418 bits per heavy atom. The molecule has 0 N–H and O–H groups in total. The van der Waals surface area contributed by atoms with E-state index < -0.39 is 0 Å². The largest absolute Gasteiger partial charge is 0.255 e. The summed E-state index contributed by atoms with van der Waals surface area (Å²) in [6.07, 6.45) is 11.3. The summed E-state index contributed by atoms with van der Waals surface area (Å²) in [6.45, 7) is 5.89. The van der Waals surface area contributed by atoms with Crippen molar-refractivity contribution in [3.63, 3.8) is 0 Å². The van der Waals surface area contributed by atoms with Gasteiger partial charge in [0.1, 0.15) is 0 Å². The fourth-order valence-corrected chi connectivity index (χ4v) is 6.48. The van der Waals surface area contributed by atoms with E-state index in [0.717, 1.165) is 84.2 Å². The van der Waals surface area contributed by atoms with Crippen molar-refractivity contribution in [1.82, 2.24) is 24.9 Å². The molecule has 0 unspecified atom stereocenters. The van der Waals surface area contributed by atoms with Gasteiger partial charge in [-0.25, -0.2) is 15.0 Å². The monoisotopic (exact) mass is 707 g/mol. The zero-order valence-electron chi connectivity index (χ0n) is 30.4. The van der Waals surface area contributed by atoms with E-state index in [0.29, 0.717) is 5.82 Å². The van der Waals surface area contributed by atoms with Crippen molar-refractivity contribution in [1.29, 1.82) is 0 Å². The number of hydrogen-bond donors (Lipinski definition) is 0. The highest BCUT2D eigenvalue weighted by Gasteiger charge is 2.16. The fourth-order valence-electron chi connectivity index (χ4n) is 6.48. The molecule has 4 aromatic carbocycles. The van der Waals surface area contributed by atoms with Crippen molar-refractivity contribution < 1.29 is 0 Å². The molecule has 0 aliphatic heterocycles. The summed E-state index contributed by atoms with van der Waals surface area (Å²) in [6, 6.07) is 53.9. The molecule has 0 bridgehead atoms. The van der Waals surface area contributed by atoms with Gasteiger partial charge in [0.05, 0.1) is 34.2 Å². The molecule has 4 aromatic heterocycles. The molecule has 8 rings (SSSR count). The van der Waals surface area contributed by atoms with Crippen LogP contribution in [0.3, 0.4) is 0 Å². The van der Waals surface area contributed by atoms with Gasteiger partial charge >= 0.3 is 0 Å². The number of hydrogen-bond acceptors (Lipinski definition) is 5. The summed E-state index contributed by atoms with van der Waals surface area (Å²) in [7, 11) is 0. The highest BCUT2D eigenvalue weighted by molar-refractivity contribution is 5.82. The van der Waals surface area contributed by atoms with Gasteiger partial charge in [0.2, 0.25) is 0 Å². The molecular weight excluding hydrogens is 671 g/mol. The maximum atomic E-state index is 5.26. The Balaban J connectivity index is 1.29. The quantitative estimate of drug-likeness (QED) is 0.132. The normalized spacial score (nSPS) is 11.5. The SMILES string of the molecule is C=C/C=C\C=C(/C)c1cc(-c2ccnc(-c3cc(-c4ccccc4)cc(-c4ccccn4)n3)c2)nc(-c2cc(-c3ccccc3)cc(-c3ccccc3)c2)n1. The lowest BCUT2D eigenvalue weighted by Gasteiger charge is -2.13. The summed E-state index contributed by atoms with van der Waals surface area (Å²) < 4.78 is 0. The summed E-state index contributed by atoms with van der Waals surface area (Å²) in [5.41, 5.74) is 14.0. The van der Waals surface area contributed by atoms with Crippen molar-refractivity contribution in [3.8, 4) is 78.8 Å². The van der Waals surface area contributed by atoms with Gasteiger partial charge in [-0.1, -0.05) is 128 Å². The molecule has 0 saturated carbocycles. The van der Waals surface area contributed by atoms with E-state index in [-0.39, 0.29) is 0 Å². The fraction of sp³-hybridized carbons (Fsp3) is 0.0200. The summed E-state index contributed by atoms with van der Waals surface area (Å²) >= 11 is 0. The molecule has 0 amide bonds. The number of aromatic nitrogens is 5. The molecule has 4 heterocycles. The molecule has 5 heteroatoms. The van der Waals surface area contributed by atoms with Crippen molar-refractivity contribution in [2.45, 2.75) is 6.92 Å². The van der Waals surface area contributed by atoms with Gasteiger partial charge < -0.3 is 0 Å². The molecule has 55 heavy (non-hydrogen) atoms. The van der Waals surface area contributed by atoms with Crippen molar-refractivity contribution in [2.24, 2.45) is 0 Å². The van der Waals surface area contributed by atoms with Crippen LogP contribution in [0.4, 0.5) is 0 Å². The van der Waals surface area contributed by atoms with Crippen LogP contribution in [-0.4, -0.2) is 24.9 Å². The van der Waals surface area contributed by atoms with E-state index >= 15 is 0 Å². The van der Waals surface area contributed by atoms with Gasteiger partial charge in [0.25, 0.3) is 0 Å². The van der Waals surface area contributed by atoms with Gasteiger partial charge in [0, 0.05) is 23.5 Å². The molecule has 8 aromatic rings. The van der Waals surface area contributed by atoms with Gasteiger partial charge in [-0.15, -0.1) is 0 Å². The highest BCUT2D eigenvalue weighted by atomic mass is 14.9. The lowest BCUT2D eigenvalue weighted by atomic mass is 9.95. The Labute approximate surface area is 321 Å². The number of nitrogens with zero attached hydrogens (tertiary/aromatic N) is 5. The highest BCUT2D eigenvalue weighted by Crippen LogP contribution is 2.35. The van der Waals surface area contributed by atoms with Crippen LogP contribution >= 0.6 is 0 Å². The minimum absolute atomic E-state index is 0.628. The molecule has 5 nitrogen and oxygen atoms in total. The first-order valence-electron chi connectivity index (χ1n) is 18.2. The van der Waals surface area contributed by atoms with Crippen LogP contribution in [0.1, 0.15) is 12.6 Å². The maximum absolute atomic E-state index is 5.26. The molecule has 0 aliphatic carbocycles. The Morgan fingerprint density at radius 3 is 1.56 bits per heavy atom. The predicted molar refractivity (Wildman–Crippen MR) is 226 cm³/mol. The number of rotatable bonds is 10. The van der Waals surface area contributed by atoms with Crippen LogP contribution in [-0.2, 0) is 0 Å². The average molecular weight is 708 g/mol. The Morgan fingerprint density at radius 2 is 0.964 bits per heavy atom. The molecule has 0 aliphatic rings. The van der Waals surface area contributed by atoms with E-state index in [1.165, 1.54) is 0 Å². The maximum Gasteiger partial charge on any atom is 0.160 e. The van der Waals surface area contributed by atoms with E-state index in [9.17, 15) is 0 Å². The molecule has 262 valence electrons. The average Bonchev–Trinajstić information content (AvgIpc) is 3.27. The molecule has 0 radical (unpaired) electrons. The van der Waals surface area contributed by atoms with Crippen molar-refractivity contribution >= 4 is 5.57 Å². The van der Waals surface area contributed by atoms with Gasteiger partial charge in [-0.05, 0) is 107 Å². The summed E-state index contributed by atoms with van der Waals surface area (Å²) in [4.78, 5) is 24.9. The van der Waals surface area contributed by atoms with Crippen LogP contribution in [0.25, 0.3) is 84.4 Å². The number of pyridine rings is 3. The van der Waals surface area contributed by atoms with Gasteiger partial charge in [0.15, 0.2) is 5.82 Å². The van der Waals surface area contributed by atoms with Crippen LogP contribution < -0.4 is 0 Å². The Bertz CT molecular complexity index is 2540. The van der Waals surface area contributed by atoms with Crippen LogP contribution in [0.2, 0.25) is 0 Å². The number of benzene rings is 4. The predicted octanol–water partition coefficient (Wildman–Crippen LogP) is 12.5. The first kappa shape index (κ1) is 34.7. The Kier molecular flexibility index (Phi) is 10.2. The lowest BCUT2D eigenvalue weighted by molar-refractivity contribution is 1.15. The first-order valence-corrected chi connectivity index (χ1v) is 18.2. The van der Waals surface area contributed by atoms with Gasteiger partial charge in [-0.3, -0.25) is 9.97 Å². The lowest BCUT2D eigenvalue weighted by Crippen LogP contribution is -1.99. The summed E-state index contributed by atoms with van der Waals surface area (Å²) in [5, 5.41) is 0. The van der Waals surface area contributed by atoms with Crippen LogP contribution in [0.15, 0.2) is 201 Å². The zero-order valence-corrected chi connectivity index (χ0v) is 30.4. The summed E-state index contributed by atoms with van der Waals surface area (Å²) in [5.74, 6) is 0.628. The minimum atomic E-state index is 0.628. The standard InChI is InChI=1S/C50H37N5/c1-3-4-8-17-35(2)45-34-46(55-50(54-45)43-29-40(36-18-9-5-10-19-36)28-41(30-43)37-20-11-6-12-21-37)39-25-27-52-47(31-39)49-33-42(38-22-13-7-14-23-38)32-48(53-49)44-24-15-16-26-51-44/h3-34H,1H2,2H3/b8-4-,35-17+. The second kappa shape index (κ2) is 16.1. The zero-order chi connectivity index (χ0) is 37.4. The van der Waals surface area contributed by atoms with Crippen LogP contribution in [0.5, 0.6) is 0 Å². The third kappa shape index (κ3) is 8.02. The molecular formula is C50H37N5. The second-order valence-electron chi connectivity index (χ2n) is 13.1.